The number of hydrogen-bond donors (Lipinski definition) is 0. The summed E-state index contributed by atoms with van der Waals surface area (Å²) in [5.41, 5.74) is 0. The first-order valence-electron chi connectivity index (χ1n) is 5.36. The van der Waals surface area contributed by atoms with E-state index in [2.05, 4.69) is 36.9 Å². The average Bonchev–Trinajstić information content (AvgIpc) is 2.14. The summed E-state index contributed by atoms with van der Waals surface area (Å²) in [5, 5.41) is 8.74. The summed E-state index contributed by atoms with van der Waals surface area (Å²) in [7, 11) is 4.16. The van der Waals surface area contributed by atoms with Gasteiger partial charge in [0.2, 0.25) is 0 Å². The third kappa shape index (κ3) is 6.88. The molecule has 0 spiro atoms. The van der Waals surface area contributed by atoms with Gasteiger partial charge in [-0.25, -0.2) is 0 Å². The minimum absolute atomic E-state index is 0.142. The Balaban J connectivity index is 3.83. The molecular formula is C11H23N3. The van der Waals surface area contributed by atoms with E-state index >= 15 is 0 Å². The molecule has 0 heterocycles. The zero-order chi connectivity index (χ0) is 11.0. The molecule has 1 atom stereocenters. The SMILES string of the molecule is CCCN(CCN(C)C)CC(C)C#N. The molecule has 82 valence electrons. The molecule has 0 rings (SSSR count). The average molecular weight is 197 g/mol. The van der Waals surface area contributed by atoms with Crippen molar-refractivity contribution in [2.24, 2.45) is 5.92 Å². The Labute approximate surface area is 88.3 Å². The van der Waals surface area contributed by atoms with Gasteiger partial charge in [-0.1, -0.05) is 6.92 Å². The van der Waals surface area contributed by atoms with Crippen LogP contribution in [0.5, 0.6) is 0 Å². The van der Waals surface area contributed by atoms with Gasteiger partial charge >= 0.3 is 0 Å². The van der Waals surface area contributed by atoms with Gasteiger partial charge in [0.15, 0.2) is 0 Å². The molecule has 0 aromatic carbocycles. The van der Waals surface area contributed by atoms with Crippen molar-refractivity contribution in [1.82, 2.24) is 9.80 Å². The van der Waals surface area contributed by atoms with E-state index in [-0.39, 0.29) is 5.92 Å². The Kier molecular flexibility index (Phi) is 7.45. The Morgan fingerprint density at radius 1 is 1.21 bits per heavy atom. The summed E-state index contributed by atoms with van der Waals surface area (Å²) in [6.07, 6.45) is 1.16. The monoisotopic (exact) mass is 197 g/mol. The zero-order valence-corrected chi connectivity index (χ0v) is 9.95. The molecular weight excluding hydrogens is 174 g/mol. The molecule has 0 aliphatic carbocycles. The quantitative estimate of drug-likeness (QED) is 0.618. The Morgan fingerprint density at radius 2 is 1.86 bits per heavy atom. The molecule has 0 aliphatic rings. The topological polar surface area (TPSA) is 30.3 Å². The Hall–Kier alpha value is -0.590. The molecule has 0 aliphatic heterocycles. The van der Waals surface area contributed by atoms with Crippen molar-refractivity contribution in [3.63, 3.8) is 0 Å². The van der Waals surface area contributed by atoms with E-state index in [1.807, 2.05) is 6.92 Å². The van der Waals surface area contributed by atoms with Crippen LogP contribution in [0.15, 0.2) is 0 Å². The fourth-order valence-electron chi connectivity index (χ4n) is 1.38. The van der Waals surface area contributed by atoms with Crippen LogP contribution in [-0.2, 0) is 0 Å². The number of likely N-dealkylation sites (N-methyl/N-ethyl adjacent to an activating group) is 1. The van der Waals surface area contributed by atoms with Crippen LogP contribution in [0, 0.1) is 17.2 Å². The lowest BCUT2D eigenvalue weighted by Gasteiger charge is -2.24. The number of hydrogen-bond acceptors (Lipinski definition) is 3. The minimum Gasteiger partial charge on any atom is -0.308 e. The third-order valence-electron chi connectivity index (χ3n) is 2.16. The van der Waals surface area contributed by atoms with E-state index in [0.717, 1.165) is 32.6 Å². The van der Waals surface area contributed by atoms with Crippen molar-refractivity contribution < 1.29 is 0 Å². The minimum atomic E-state index is 0.142. The largest absolute Gasteiger partial charge is 0.308 e. The predicted octanol–water partition coefficient (Wildman–Crippen LogP) is 1.42. The molecule has 0 saturated carbocycles. The van der Waals surface area contributed by atoms with Crippen molar-refractivity contribution in [3.05, 3.63) is 0 Å². The maximum absolute atomic E-state index is 8.74. The predicted molar refractivity (Wildman–Crippen MR) is 60.1 cm³/mol. The lowest BCUT2D eigenvalue weighted by atomic mass is 10.2. The molecule has 0 radical (unpaired) electrons. The van der Waals surface area contributed by atoms with Gasteiger partial charge in [0.05, 0.1) is 12.0 Å². The van der Waals surface area contributed by atoms with Crippen LogP contribution in [0.3, 0.4) is 0 Å². The first-order chi connectivity index (χ1) is 6.60. The molecule has 0 aromatic heterocycles. The van der Waals surface area contributed by atoms with Gasteiger partial charge in [-0.3, -0.25) is 0 Å². The standard InChI is InChI=1S/C11H23N3/c1-5-6-14(8-7-13(3)4)10-11(2)9-12/h11H,5-8,10H2,1-4H3. The van der Waals surface area contributed by atoms with Crippen molar-refractivity contribution in [1.29, 1.82) is 5.26 Å². The number of nitrogens with zero attached hydrogens (tertiary/aromatic N) is 3. The summed E-state index contributed by atoms with van der Waals surface area (Å²) >= 11 is 0. The second kappa shape index (κ2) is 7.78. The number of nitriles is 1. The molecule has 14 heavy (non-hydrogen) atoms. The molecule has 0 saturated heterocycles. The maximum atomic E-state index is 8.74. The highest BCUT2D eigenvalue weighted by Crippen LogP contribution is 1.99. The van der Waals surface area contributed by atoms with E-state index in [0.29, 0.717) is 0 Å². The summed E-state index contributed by atoms with van der Waals surface area (Å²) in [6.45, 7) is 8.29. The number of rotatable bonds is 7. The van der Waals surface area contributed by atoms with E-state index in [1.54, 1.807) is 0 Å². The van der Waals surface area contributed by atoms with Gasteiger partial charge in [-0.15, -0.1) is 0 Å². The lowest BCUT2D eigenvalue weighted by molar-refractivity contribution is 0.227. The van der Waals surface area contributed by atoms with Gasteiger partial charge in [0.25, 0.3) is 0 Å². The van der Waals surface area contributed by atoms with Crippen LogP contribution in [0.2, 0.25) is 0 Å². The molecule has 3 nitrogen and oxygen atoms in total. The van der Waals surface area contributed by atoms with Crippen LogP contribution in [0.25, 0.3) is 0 Å². The smallest absolute Gasteiger partial charge is 0.0666 e. The summed E-state index contributed by atoms with van der Waals surface area (Å²) < 4.78 is 0. The fourth-order valence-corrected chi connectivity index (χ4v) is 1.38. The second-order valence-electron chi connectivity index (χ2n) is 4.13. The Bertz CT molecular complexity index is 172. The summed E-state index contributed by atoms with van der Waals surface area (Å²) in [6, 6.07) is 2.29. The van der Waals surface area contributed by atoms with E-state index in [9.17, 15) is 0 Å². The van der Waals surface area contributed by atoms with Crippen LogP contribution in [0.4, 0.5) is 0 Å². The lowest BCUT2D eigenvalue weighted by Crippen LogP contribution is -2.35. The molecule has 0 amide bonds. The highest BCUT2D eigenvalue weighted by Gasteiger charge is 2.08. The molecule has 1 unspecified atom stereocenters. The summed E-state index contributed by atoms with van der Waals surface area (Å²) in [4.78, 5) is 4.55. The van der Waals surface area contributed by atoms with Crippen LogP contribution >= 0.6 is 0 Å². The van der Waals surface area contributed by atoms with Crippen molar-refractivity contribution in [2.45, 2.75) is 20.3 Å². The Morgan fingerprint density at radius 3 is 2.29 bits per heavy atom. The molecule has 0 N–H and O–H groups in total. The fraction of sp³-hybridized carbons (Fsp3) is 0.909. The highest BCUT2D eigenvalue weighted by molar-refractivity contribution is 4.81. The summed E-state index contributed by atoms with van der Waals surface area (Å²) in [5.74, 6) is 0.142. The van der Waals surface area contributed by atoms with Crippen molar-refractivity contribution in [2.75, 3.05) is 40.3 Å². The normalized spacial score (nSPS) is 13.2. The van der Waals surface area contributed by atoms with E-state index in [1.165, 1.54) is 0 Å². The molecule has 0 fully saturated rings. The highest BCUT2D eigenvalue weighted by atomic mass is 15.2. The van der Waals surface area contributed by atoms with Crippen LogP contribution in [-0.4, -0.2) is 50.1 Å². The first kappa shape index (κ1) is 13.4. The first-order valence-corrected chi connectivity index (χ1v) is 5.36. The van der Waals surface area contributed by atoms with Gasteiger partial charge in [-0.2, -0.15) is 5.26 Å². The van der Waals surface area contributed by atoms with Gasteiger partial charge in [-0.05, 0) is 34.0 Å². The zero-order valence-electron chi connectivity index (χ0n) is 9.95. The van der Waals surface area contributed by atoms with Gasteiger partial charge in [0.1, 0.15) is 0 Å². The maximum Gasteiger partial charge on any atom is 0.0666 e. The molecule has 0 bridgehead atoms. The van der Waals surface area contributed by atoms with E-state index in [4.69, 9.17) is 5.26 Å². The van der Waals surface area contributed by atoms with Crippen LogP contribution < -0.4 is 0 Å². The van der Waals surface area contributed by atoms with E-state index < -0.39 is 0 Å². The van der Waals surface area contributed by atoms with Crippen molar-refractivity contribution in [3.8, 4) is 6.07 Å². The van der Waals surface area contributed by atoms with Crippen molar-refractivity contribution >= 4 is 0 Å². The molecule has 3 heteroatoms. The second-order valence-corrected chi connectivity index (χ2v) is 4.13. The van der Waals surface area contributed by atoms with Gasteiger partial charge < -0.3 is 9.80 Å². The van der Waals surface area contributed by atoms with Gasteiger partial charge in [0, 0.05) is 19.6 Å². The molecule has 0 aromatic rings. The third-order valence-corrected chi connectivity index (χ3v) is 2.16. The van der Waals surface area contributed by atoms with Crippen LogP contribution in [0.1, 0.15) is 20.3 Å².